The van der Waals surface area contributed by atoms with Crippen molar-refractivity contribution in [3.05, 3.63) is 65.7 Å². The Labute approximate surface area is 117 Å². The first-order valence-corrected chi connectivity index (χ1v) is 6.24. The molecular weight excluding hydrogens is 254 g/mol. The van der Waals surface area contributed by atoms with Crippen molar-refractivity contribution < 1.29 is 15.0 Å². The van der Waals surface area contributed by atoms with Gasteiger partial charge in [-0.2, -0.15) is 0 Å². The van der Waals surface area contributed by atoms with Crippen LogP contribution in [0, 0.1) is 0 Å². The van der Waals surface area contributed by atoms with Gasteiger partial charge in [0.2, 0.25) is 0 Å². The van der Waals surface area contributed by atoms with Gasteiger partial charge in [-0.1, -0.05) is 30.3 Å². The van der Waals surface area contributed by atoms with Gasteiger partial charge < -0.3 is 10.2 Å². The van der Waals surface area contributed by atoms with Crippen molar-refractivity contribution >= 4 is 12.2 Å². The number of aromatic hydroxyl groups is 1. The lowest BCUT2D eigenvalue weighted by Gasteiger charge is -2.07. The SMILES string of the molecule is O=C(O)C(Cc1ccccc1)N=Cc1ccc(O)cc1. The molecular formula is C16H15NO3. The smallest absolute Gasteiger partial charge is 0.328 e. The van der Waals surface area contributed by atoms with Crippen LogP contribution in [0.5, 0.6) is 5.75 Å². The Bertz CT molecular complexity index is 591. The van der Waals surface area contributed by atoms with Crippen LogP contribution in [0.1, 0.15) is 11.1 Å². The van der Waals surface area contributed by atoms with Crippen LogP contribution in [0.3, 0.4) is 0 Å². The number of nitrogens with zero attached hydrogens (tertiary/aromatic N) is 1. The zero-order chi connectivity index (χ0) is 14.4. The highest BCUT2D eigenvalue weighted by Gasteiger charge is 2.15. The Morgan fingerprint density at radius 3 is 2.35 bits per heavy atom. The number of benzene rings is 2. The largest absolute Gasteiger partial charge is 0.508 e. The summed E-state index contributed by atoms with van der Waals surface area (Å²) in [4.78, 5) is 15.3. The third kappa shape index (κ3) is 3.95. The molecule has 0 aliphatic carbocycles. The topological polar surface area (TPSA) is 69.9 Å². The van der Waals surface area contributed by atoms with Crippen LogP contribution in [-0.4, -0.2) is 28.4 Å². The molecule has 1 atom stereocenters. The number of carboxylic acids is 1. The van der Waals surface area contributed by atoms with Crippen molar-refractivity contribution in [2.75, 3.05) is 0 Å². The summed E-state index contributed by atoms with van der Waals surface area (Å²) in [6.45, 7) is 0. The van der Waals surface area contributed by atoms with Crippen LogP contribution < -0.4 is 0 Å². The minimum Gasteiger partial charge on any atom is -0.508 e. The van der Waals surface area contributed by atoms with E-state index in [1.807, 2.05) is 30.3 Å². The van der Waals surface area contributed by atoms with Crippen LogP contribution in [-0.2, 0) is 11.2 Å². The van der Waals surface area contributed by atoms with Crippen molar-refractivity contribution in [2.45, 2.75) is 12.5 Å². The van der Waals surface area contributed by atoms with E-state index >= 15 is 0 Å². The van der Waals surface area contributed by atoms with Crippen LogP contribution in [0.15, 0.2) is 59.6 Å². The number of rotatable bonds is 5. The van der Waals surface area contributed by atoms with E-state index < -0.39 is 12.0 Å². The molecule has 0 spiro atoms. The quantitative estimate of drug-likeness (QED) is 0.819. The zero-order valence-corrected chi connectivity index (χ0v) is 10.8. The van der Waals surface area contributed by atoms with Gasteiger partial charge in [0.05, 0.1) is 0 Å². The van der Waals surface area contributed by atoms with Crippen LogP contribution in [0.4, 0.5) is 0 Å². The first-order valence-electron chi connectivity index (χ1n) is 6.24. The molecule has 0 aliphatic heterocycles. The van der Waals surface area contributed by atoms with Gasteiger partial charge in [-0.3, -0.25) is 4.99 Å². The normalized spacial score (nSPS) is 12.4. The first kappa shape index (κ1) is 13.8. The van der Waals surface area contributed by atoms with E-state index in [2.05, 4.69) is 4.99 Å². The summed E-state index contributed by atoms with van der Waals surface area (Å²) in [6, 6.07) is 15.0. The Kier molecular flexibility index (Phi) is 4.50. The lowest BCUT2D eigenvalue weighted by atomic mass is 10.1. The van der Waals surface area contributed by atoms with E-state index in [9.17, 15) is 15.0 Å². The molecule has 0 bridgehead atoms. The molecule has 20 heavy (non-hydrogen) atoms. The van der Waals surface area contributed by atoms with Crippen molar-refractivity contribution in [3.63, 3.8) is 0 Å². The predicted octanol–water partition coefficient (Wildman–Crippen LogP) is 2.51. The Hall–Kier alpha value is -2.62. The monoisotopic (exact) mass is 269 g/mol. The number of aliphatic carboxylic acids is 1. The molecule has 102 valence electrons. The van der Waals surface area contributed by atoms with Crippen molar-refractivity contribution in [1.29, 1.82) is 0 Å². The second-order valence-electron chi connectivity index (χ2n) is 4.41. The highest BCUT2D eigenvalue weighted by Crippen LogP contribution is 2.10. The standard InChI is InChI=1S/C16H15NO3/c18-14-8-6-13(7-9-14)11-17-15(16(19)20)10-12-4-2-1-3-5-12/h1-9,11,15,18H,10H2,(H,19,20). The Morgan fingerprint density at radius 2 is 1.75 bits per heavy atom. The number of carbonyl (C=O) groups is 1. The molecule has 0 saturated carbocycles. The van der Waals surface area contributed by atoms with Gasteiger partial charge >= 0.3 is 5.97 Å². The molecule has 2 rings (SSSR count). The molecule has 2 N–H and O–H groups in total. The summed E-state index contributed by atoms with van der Waals surface area (Å²) in [5, 5.41) is 18.4. The van der Waals surface area contributed by atoms with E-state index in [-0.39, 0.29) is 5.75 Å². The van der Waals surface area contributed by atoms with Crippen molar-refractivity contribution in [2.24, 2.45) is 4.99 Å². The second kappa shape index (κ2) is 6.52. The molecule has 0 saturated heterocycles. The fourth-order valence-electron chi connectivity index (χ4n) is 1.78. The fraction of sp³-hybridized carbons (Fsp3) is 0.125. The van der Waals surface area contributed by atoms with Gasteiger partial charge in [0.25, 0.3) is 0 Å². The maximum absolute atomic E-state index is 11.2. The summed E-state index contributed by atoms with van der Waals surface area (Å²) in [7, 11) is 0. The summed E-state index contributed by atoms with van der Waals surface area (Å²) in [5.74, 6) is -0.787. The predicted molar refractivity (Wildman–Crippen MR) is 77.3 cm³/mol. The Balaban J connectivity index is 2.09. The van der Waals surface area contributed by atoms with Gasteiger partial charge in [-0.15, -0.1) is 0 Å². The molecule has 0 amide bonds. The van der Waals surface area contributed by atoms with E-state index in [0.717, 1.165) is 11.1 Å². The number of carboxylic acid groups (broad SMARTS) is 1. The molecule has 4 heteroatoms. The van der Waals surface area contributed by atoms with Crippen LogP contribution in [0.2, 0.25) is 0 Å². The summed E-state index contributed by atoms with van der Waals surface area (Å²) < 4.78 is 0. The van der Waals surface area contributed by atoms with E-state index in [1.165, 1.54) is 18.3 Å². The van der Waals surface area contributed by atoms with Gasteiger partial charge in [0, 0.05) is 12.6 Å². The molecule has 0 aromatic heterocycles. The maximum Gasteiger partial charge on any atom is 0.328 e. The van der Waals surface area contributed by atoms with Gasteiger partial charge in [0.1, 0.15) is 5.75 Å². The molecule has 4 nitrogen and oxygen atoms in total. The fourth-order valence-corrected chi connectivity index (χ4v) is 1.78. The van der Waals surface area contributed by atoms with Gasteiger partial charge in [0.15, 0.2) is 6.04 Å². The van der Waals surface area contributed by atoms with E-state index in [4.69, 9.17) is 0 Å². The number of hydrogen-bond donors (Lipinski definition) is 2. The van der Waals surface area contributed by atoms with Crippen molar-refractivity contribution in [1.82, 2.24) is 0 Å². The minimum absolute atomic E-state index is 0.168. The highest BCUT2D eigenvalue weighted by molar-refractivity contribution is 5.83. The van der Waals surface area contributed by atoms with Gasteiger partial charge in [-0.05, 0) is 35.4 Å². The zero-order valence-electron chi connectivity index (χ0n) is 10.8. The van der Waals surface area contributed by atoms with Crippen LogP contribution >= 0.6 is 0 Å². The molecule has 2 aromatic carbocycles. The molecule has 2 aromatic rings. The first-order chi connectivity index (χ1) is 9.65. The molecule has 0 radical (unpaired) electrons. The lowest BCUT2D eigenvalue weighted by Crippen LogP contribution is -2.20. The third-order valence-corrected chi connectivity index (χ3v) is 2.85. The van der Waals surface area contributed by atoms with Crippen LogP contribution in [0.25, 0.3) is 0 Å². The summed E-state index contributed by atoms with van der Waals surface area (Å²) >= 11 is 0. The summed E-state index contributed by atoms with van der Waals surface area (Å²) in [5.41, 5.74) is 1.69. The molecule has 1 unspecified atom stereocenters. The maximum atomic E-state index is 11.2. The average molecular weight is 269 g/mol. The van der Waals surface area contributed by atoms with E-state index in [1.54, 1.807) is 12.1 Å². The minimum atomic E-state index is -0.955. The molecule has 0 fully saturated rings. The van der Waals surface area contributed by atoms with Crippen molar-refractivity contribution in [3.8, 4) is 5.75 Å². The molecule has 0 heterocycles. The number of aliphatic imine (C=N–C) groups is 1. The van der Waals surface area contributed by atoms with E-state index in [0.29, 0.717) is 6.42 Å². The highest BCUT2D eigenvalue weighted by atomic mass is 16.4. The summed E-state index contributed by atoms with van der Waals surface area (Å²) in [6.07, 6.45) is 1.87. The molecule has 0 aliphatic rings. The lowest BCUT2D eigenvalue weighted by molar-refractivity contribution is -0.138. The number of phenols is 1. The third-order valence-electron chi connectivity index (χ3n) is 2.85. The van der Waals surface area contributed by atoms with Gasteiger partial charge in [-0.25, -0.2) is 4.79 Å². The Morgan fingerprint density at radius 1 is 1.10 bits per heavy atom. The average Bonchev–Trinajstić information content (AvgIpc) is 2.46. The number of phenolic OH excluding ortho intramolecular Hbond substituents is 1. The number of hydrogen-bond acceptors (Lipinski definition) is 3. The second-order valence-corrected chi connectivity index (χ2v) is 4.41.